The largest absolute Gasteiger partial charge is 0.389 e. The summed E-state index contributed by atoms with van der Waals surface area (Å²) >= 11 is 0. The van der Waals surface area contributed by atoms with E-state index in [4.69, 9.17) is 5.26 Å². The molecule has 2 unspecified atom stereocenters. The topological polar surface area (TPSA) is 97.6 Å². The fourth-order valence-corrected chi connectivity index (χ4v) is 3.20. The zero-order valence-corrected chi connectivity index (χ0v) is 12.7. The van der Waals surface area contributed by atoms with Gasteiger partial charge in [-0.1, -0.05) is 6.08 Å². The van der Waals surface area contributed by atoms with Gasteiger partial charge in [0.2, 0.25) is 11.8 Å². The summed E-state index contributed by atoms with van der Waals surface area (Å²) in [5, 5.41) is 14.8. The molecule has 1 saturated heterocycles. The van der Waals surface area contributed by atoms with Crippen LogP contribution < -0.4 is 10.6 Å². The summed E-state index contributed by atoms with van der Waals surface area (Å²) in [6, 6.07) is 1.78. The summed E-state index contributed by atoms with van der Waals surface area (Å²) in [5.41, 5.74) is 0.619. The van der Waals surface area contributed by atoms with Gasteiger partial charge in [0.05, 0.1) is 18.7 Å². The van der Waals surface area contributed by atoms with Gasteiger partial charge in [0.25, 0.3) is 0 Å². The Balaban J connectivity index is 1.59. The number of dihydropyridines is 1. The molecule has 3 heterocycles. The van der Waals surface area contributed by atoms with Crippen molar-refractivity contribution in [2.75, 3.05) is 19.6 Å². The van der Waals surface area contributed by atoms with Crippen LogP contribution in [0.5, 0.6) is 0 Å². The number of fused-ring (bicyclic) bond motifs is 1. The monoisotopic (exact) mass is 313 g/mol. The predicted molar refractivity (Wildman–Crippen MR) is 84.4 cm³/mol. The van der Waals surface area contributed by atoms with E-state index in [1.54, 1.807) is 17.2 Å². The molecule has 0 radical (unpaired) electrons. The first-order valence-corrected chi connectivity index (χ1v) is 7.81. The number of rotatable bonds is 3. The van der Waals surface area contributed by atoms with E-state index in [0.717, 1.165) is 6.42 Å². The molecule has 2 N–H and O–H groups in total. The van der Waals surface area contributed by atoms with E-state index < -0.39 is 0 Å². The number of likely N-dealkylation sites (tertiary alicyclic amines) is 1. The van der Waals surface area contributed by atoms with Crippen LogP contribution in [-0.2, 0) is 9.59 Å². The van der Waals surface area contributed by atoms with Crippen LogP contribution in [0.3, 0.4) is 0 Å². The van der Waals surface area contributed by atoms with E-state index >= 15 is 0 Å². The van der Waals surface area contributed by atoms with E-state index in [9.17, 15) is 9.59 Å². The van der Waals surface area contributed by atoms with Crippen LogP contribution in [0.25, 0.3) is 0 Å². The maximum atomic E-state index is 12.4. The van der Waals surface area contributed by atoms with Gasteiger partial charge in [0.1, 0.15) is 6.04 Å². The molecule has 0 spiro atoms. The Kier molecular flexibility index (Phi) is 4.42. The average Bonchev–Trinajstić information content (AvgIpc) is 3.07. The first-order valence-electron chi connectivity index (χ1n) is 7.81. The lowest BCUT2D eigenvalue weighted by Crippen LogP contribution is -2.44. The van der Waals surface area contributed by atoms with Gasteiger partial charge in [0.15, 0.2) is 0 Å². The highest BCUT2D eigenvalue weighted by atomic mass is 16.2. The number of nitriles is 1. The minimum Gasteiger partial charge on any atom is -0.389 e. The zero-order chi connectivity index (χ0) is 16.2. The average molecular weight is 313 g/mol. The Morgan fingerprint density at radius 1 is 1.52 bits per heavy atom. The predicted octanol–water partition coefficient (Wildman–Crippen LogP) is -0.270. The third-order valence-corrected chi connectivity index (χ3v) is 4.44. The Morgan fingerprint density at radius 2 is 2.39 bits per heavy atom. The van der Waals surface area contributed by atoms with E-state index in [2.05, 4.69) is 21.7 Å². The second-order valence-corrected chi connectivity index (χ2v) is 5.84. The molecule has 0 aliphatic carbocycles. The van der Waals surface area contributed by atoms with Crippen molar-refractivity contribution in [1.29, 1.82) is 5.26 Å². The molecule has 1 fully saturated rings. The fraction of sp³-hybridized carbons (Fsp3) is 0.500. The minimum atomic E-state index is -0.364. The molecular formula is C16H19N5O2. The first kappa shape index (κ1) is 15.3. The summed E-state index contributed by atoms with van der Waals surface area (Å²) in [6.07, 6.45) is 8.63. The van der Waals surface area contributed by atoms with Crippen LogP contribution in [0.4, 0.5) is 0 Å². The second kappa shape index (κ2) is 6.65. The summed E-state index contributed by atoms with van der Waals surface area (Å²) in [6.45, 7) is 1.20. The number of carbonyl (C=O) groups is 2. The molecular weight excluding hydrogens is 294 g/mol. The summed E-state index contributed by atoms with van der Waals surface area (Å²) in [5.74, 6) is -0.515. The van der Waals surface area contributed by atoms with E-state index in [1.165, 1.54) is 0 Å². The van der Waals surface area contributed by atoms with Crippen molar-refractivity contribution < 1.29 is 9.59 Å². The van der Waals surface area contributed by atoms with Gasteiger partial charge in [-0.2, -0.15) is 5.26 Å². The fourth-order valence-electron chi connectivity index (χ4n) is 3.20. The third kappa shape index (κ3) is 3.11. The van der Waals surface area contributed by atoms with Crippen molar-refractivity contribution in [3.8, 4) is 6.07 Å². The SMILES string of the molecule is N#C[C@@H]1CCCN1C(=O)CNC(=O)C1=CC=NC2CNC=CC12. The number of allylic oxidation sites excluding steroid dienone is 1. The number of carbonyl (C=O) groups excluding carboxylic acids is 2. The number of hydrogen-bond donors (Lipinski definition) is 2. The van der Waals surface area contributed by atoms with Crippen molar-refractivity contribution in [1.82, 2.24) is 15.5 Å². The molecule has 3 aliphatic rings. The standard InChI is InChI=1S/C16H19N5O2/c17-8-11-2-1-7-21(11)15(22)10-20-16(23)13-4-6-19-14-9-18-5-3-12(13)14/h3-6,11-12,14,18H,1-2,7,9-10H2,(H,20,23)/t11-,12?,14?/m0/s1. The second-order valence-electron chi connectivity index (χ2n) is 5.84. The number of hydrogen-bond acceptors (Lipinski definition) is 5. The maximum Gasteiger partial charge on any atom is 0.248 e. The van der Waals surface area contributed by atoms with E-state index in [0.29, 0.717) is 25.1 Å². The van der Waals surface area contributed by atoms with E-state index in [1.807, 2.05) is 12.3 Å². The molecule has 120 valence electrons. The molecule has 0 aromatic carbocycles. The summed E-state index contributed by atoms with van der Waals surface area (Å²) in [4.78, 5) is 30.5. The van der Waals surface area contributed by atoms with Gasteiger partial charge in [-0.15, -0.1) is 0 Å². The Morgan fingerprint density at radius 3 is 3.22 bits per heavy atom. The molecule has 0 saturated carbocycles. The Hall–Kier alpha value is -2.62. The molecule has 0 bridgehead atoms. The first-order chi connectivity index (χ1) is 11.2. The molecule has 3 aliphatic heterocycles. The normalized spacial score (nSPS) is 28.4. The number of aliphatic imine (C=N–C) groups is 1. The van der Waals surface area contributed by atoms with Crippen LogP contribution in [-0.4, -0.2) is 54.6 Å². The van der Waals surface area contributed by atoms with Gasteiger partial charge in [-0.3, -0.25) is 14.6 Å². The highest BCUT2D eigenvalue weighted by molar-refractivity contribution is 6.00. The molecule has 0 aromatic rings. The van der Waals surface area contributed by atoms with Crippen molar-refractivity contribution in [3.05, 3.63) is 23.9 Å². The molecule has 3 atom stereocenters. The highest BCUT2D eigenvalue weighted by Crippen LogP contribution is 2.24. The molecule has 3 rings (SSSR count). The lowest BCUT2D eigenvalue weighted by Gasteiger charge is -2.29. The minimum absolute atomic E-state index is 0.0167. The van der Waals surface area contributed by atoms with Gasteiger partial charge in [0, 0.05) is 30.8 Å². The van der Waals surface area contributed by atoms with Gasteiger partial charge >= 0.3 is 0 Å². The molecule has 7 nitrogen and oxygen atoms in total. The Bertz CT molecular complexity index is 631. The lowest BCUT2D eigenvalue weighted by molar-refractivity contribution is -0.132. The lowest BCUT2D eigenvalue weighted by atomic mass is 9.87. The number of amides is 2. The van der Waals surface area contributed by atoms with Crippen LogP contribution in [0.2, 0.25) is 0 Å². The zero-order valence-electron chi connectivity index (χ0n) is 12.7. The number of nitrogens with one attached hydrogen (secondary N) is 2. The van der Waals surface area contributed by atoms with E-state index in [-0.39, 0.29) is 36.4 Å². The molecule has 0 aromatic heterocycles. The van der Waals surface area contributed by atoms with Crippen molar-refractivity contribution >= 4 is 18.0 Å². The number of nitrogens with zero attached hydrogens (tertiary/aromatic N) is 3. The molecule has 2 amide bonds. The molecule has 23 heavy (non-hydrogen) atoms. The molecule has 7 heteroatoms. The van der Waals surface area contributed by atoms with Crippen LogP contribution in [0.15, 0.2) is 28.9 Å². The van der Waals surface area contributed by atoms with Gasteiger partial charge < -0.3 is 15.5 Å². The van der Waals surface area contributed by atoms with Crippen molar-refractivity contribution in [2.45, 2.75) is 24.9 Å². The summed E-state index contributed by atoms with van der Waals surface area (Å²) in [7, 11) is 0. The van der Waals surface area contributed by atoms with Crippen LogP contribution >= 0.6 is 0 Å². The third-order valence-electron chi connectivity index (χ3n) is 4.44. The smallest absolute Gasteiger partial charge is 0.248 e. The highest BCUT2D eigenvalue weighted by Gasteiger charge is 2.31. The summed E-state index contributed by atoms with van der Waals surface area (Å²) < 4.78 is 0. The van der Waals surface area contributed by atoms with Crippen molar-refractivity contribution in [2.24, 2.45) is 10.9 Å². The maximum absolute atomic E-state index is 12.4. The quantitative estimate of drug-likeness (QED) is 0.749. The van der Waals surface area contributed by atoms with Crippen LogP contribution in [0, 0.1) is 17.2 Å². The Labute approximate surface area is 134 Å². The van der Waals surface area contributed by atoms with Crippen molar-refractivity contribution in [3.63, 3.8) is 0 Å². The van der Waals surface area contributed by atoms with Gasteiger partial charge in [-0.25, -0.2) is 0 Å². The van der Waals surface area contributed by atoms with Crippen LogP contribution in [0.1, 0.15) is 12.8 Å². The van der Waals surface area contributed by atoms with Gasteiger partial charge in [-0.05, 0) is 25.1 Å².